The zero-order chi connectivity index (χ0) is 11.5. The van der Waals surface area contributed by atoms with Crippen LogP contribution in [0, 0.1) is 0 Å². The fourth-order valence-electron chi connectivity index (χ4n) is 1.17. The van der Waals surface area contributed by atoms with Crippen molar-refractivity contribution in [3.05, 3.63) is 36.4 Å². The van der Waals surface area contributed by atoms with Crippen LogP contribution < -0.4 is 4.74 Å². The molecule has 0 aliphatic heterocycles. The van der Waals surface area contributed by atoms with E-state index >= 15 is 0 Å². The summed E-state index contributed by atoms with van der Waals surface area (Å²) in [7, 11) is 1.50. The zero-order valence-corrected chi connectivity index (χ0v) is 8.27. The van der Waals surface area contributed by atoms with Crippen LogP contribution in [0.5, 0.6) is 5.75 Å². The highest BCUT2D eigenvalue weighted by molar-refractivity contribution is 5.64. The lowest BCUT2D eigenvalue weighted by Crippen LogP contribution is -2.07. The van der Waals surface area contributed by atoms with Crippen LogP contribution >= 0.6 is 0 Å². The predicted molar refractivity (Wildman–Crippen MR) is 52.7 cm³/mol. The van der Waals surface area contributed by atoms with Crippen molar-refractivity contribution in [1.29, 1.82) is 0 Å². The standard InChI is InChI=1S/C11H11F3O/c1-8(7-11(12,13)14)9-3-5-10(15-2)6-4-9/h3-6H,1,7H2,2H3. The summed E-state index contributed by atoms with van der Waals surface area (Å²) in [4.78, 5) is 0. The molecule has 0 heterocycles. The van der Waals surface area contributed by atoms with Gasteiger partial charge in [-0.3, -0.25) is 0 Å². The van der Waals surface area contributed by atoms with Gasteiger partial charge in [0.2, 0.25) is 0 Å². The first-order chi connectivity index (χ1) is 6.92. The summed E-state index contributed by atoms with van der Waals surface area (Å²) in [5.74, 6) is 0.610. The summed E-state index contributed by atoms with van der Waals surface area (Å²) in [5.41, 5.74) is 0.540. The topological polar surface area (TPSA) is 9.23 Å². The highest BCUT2D eigenvalue weighted by atomic mass is 19.4. The Labute approximate surface area is 86.2 Å². The fourth-order valence-corrected chi connectivity index (χ4v) is 1.17. The number of hydrogen-bond donors (Lipinski definition) is 0. The van der Waals surface area contributed by atoms with Gasteiger partial charge in [-0.15, -0.1) is 0 Å². The van der Waals surface area contributed by atoms with Crippen LogP contribution in [0.4, 0.5) is 13.2 Å². The van der Waals surface area contributed by atoms with E-state index in [-0.39, 0.29) is 5.57 Å². The minimum absolute atomic E-state index is 0.0603. The Morgan fingerprint density at radius 2 is 1.80 bits per heavy atom. The van der Waals surface area contributed by atoms with Gasteiger partial charge in [0.15, 0.2) is 0 Å². The average molecular weight is 216 g/mol. The maximum atomic E-state index is 12.1. The van der Waals surface area contributed by atoms with Crippen molar-refractivity contribution >= 4 is 5.57 Å². The molecule has 82 valence electrons. The molecule has 1 nitrogen and oxygen atoms in total. The molecule has 1 aromatic rings. The molecule has 0 fully saturated rings. The fraction of sp³-hybridized carbons (Fsp3) is 0.273. The van der Waals surface area contributed by atoms with Crippen molar-refractivity contribution in [2.75, 3.05) is 7.11 Å². The van der Waals surface area contributed by atoms with E-state index in [0.717, 1.165) is 0 Å². The third kappa shape index (κ3) is 3.65. The number of alkyl halides is 3. The van der Waals surface area contributed by atoms with Crippen LogP contribution in [0.3, 0.4) is 0 Å². The summed E-state index contributed by atoms with van der Waals surface area (Å²) in [6.07, 6.45) is -5.20. The molecule has 0 amide bonds. The molecule has 0 atom stereocenters. The summed E-state index contributed by atoms with van der Waals surface area (Å²) < 4.78 is 41.1. The van der Waals surface area contributed by atoms with Crippen molar-refractivity contribution in [2.45, 2.75) is 12.6 Å². The maximum absolute atomic E-state index is 12.1. The van der Waals surface area contributed by atoms with Crippen LogP contribution in [0.15, 0.2) is 30.8 Å². The Morgan fingerprint density at radius 1 is 1.27 bits per heavy atom. The van der Waals surface area contributed by atoms with Gasteiger partial charge in [0.05, 0.1) is 13.5 Å². The van der Waals surface area contributed by atoms with Crippen molar-refractivity contribution in [1.82, 2.24) is 0 Å². The number of benzene rings is 1. The van der Waals surface area contributed by atoms with E-state index in [1.807, 2.05) is 0 Å². The van der Waals surface area contributed by atoms with E-state index in [1.165, 1.54) is 7.11 Å². The van der Waals surface area contributed by atoms with Gasteiger partial charge in [-0.25, -0.2) is 0 Å². The minimum atomic E-state index is -4.21. The quantitative estimate of drug-likeness (QED) is 0.749. The average Bonchev–Trinajstić information content (AvgIpc) is 2.15. The summed E-state index contributed by atoms with van der Waals surface area (Å²) >= 11 is 0. The molecule has 0 unspecified atom stereocenters. The number of hydrogen-bond acceptors (Lipinski definition) is 1. The number of halogens is 3. The molecule has 0 aliphatic carbocycles. The van der Waals surface area contributed by atoms with Crippen LogP contribution in [0.1, 0.15) is 12.0 Å². The second-order valence-electron chi connectivity index (χ2n) is 3.12. The Kier molecular flexibility index (Phi) is 3.39. The maximum Gasteiger partial charge on any atom is 0.393 e. The molecule has 15 heavy (non-hydrogen) atoms. The number of allylic oxidation sites excluding steroid dienone is 1. The van der Waals surface area contributed by atoms with Crippen LogP contribution in [-0.2, 0) is 0 Å². The lowest BCUT2D eigenvalue weighted by atomic mass is 10.0. The van der Waals surface area contributed by atoms with E-state index in [4.69, 9.17) is 4.74 Å². The summed E-state index contributed by atoms with van der Waals surface area (Å²) in [6.45, 7) is 3.40. The first kappa shape index (κ1) is 11.6. The molecule has 1 rings (SSSR count). The lowest BCUT2D eigenvalue weighted by molar-refractivity contribution is -0.122. The zero-order valence-electron chi connectivity index (χ0n) is 8.27. The van der Waals surface area contributed by atoms with Crippen molar-refractivity contribution in [3.8, 4) is 5.75 Å². The van der Waals surface area contributed by atoms with Gasteiger partial charge in [0.1, 0.15) is 5.75 Å². The molecule has 0 spiro atoms. The van der Waals surface area contributed by atoms with E-state index in [0.29, 0.717) is 11.3 Å². The third-order valence-electron chi connectivity index (χ3n) is 1.91. The summed E-state index contributed by atoms with van der Waals surface area (Å²) in [5, 5.41) is 0. The Morgan fingerprint density at radius 3 is 2.20 bits per heavy atom. The minimum Gasteiger partial charge on any atom is -0.497 e. The van der Waals surface area contributed by atoms with Crippen molar-refractivity contribution < 1.29 is 17.9 Å². The largest absolute Gasteiger partial charge is 0.497 e. The molecule has 0 N–H and O–H groups in total. The molecule has 0 radical (unpaired) electrons. The molecule has 4 heteroatoms. The third-order valence-corrected chi connectivity index (χ3v) is 1.91. The van der Waals surface area contributed by atoms with Gasteiger partial charge in [-0.05, 0) is 23.3 Å². The van der Waals surface area contributed by atoms with Crippen LogP contribution in [0.2, 0.25) is 0 Å². The van der Waals surface area contributed by atoms with E-state index < -0.39 is 12.6 Å². The highest BCUT2D eigenvalue weighted by Crippen LogP contribution is 2.29. The highest BCUT2D eigenvalue weighted by Gasteiger charge is 2.28. The SMILES string of the molecule is C=C(CC(F)(F)F)c1ccc(OC)cc1. The Balaban J connectivity index is 2.75. The smallest absolute Gasteiger partial charge is 0.393 e. The first-order valence-electron chi connectivity index (χ1n) is 4.31. The Bertz CT molecular complexity index is 338. The molecular weight excluding hydrogens is 205 g/mol. The van der Waals surface area contributed by atoms with Gasteiger partial charge in [-0.1, -0.05) is 18.7 Å². The predicted octanol–water partition coefficient (Wildman–Crippen LogP) is 3.66. The summed E-state index contributed by atoms with van der Waals surface area (Å²) in [6, 6.07) is 6.34. The molecule has 0 aliphatic rings. The second kappa shape index (κ2) is 4.38. The van der Waals surface area contributed by atoms with Crippen LogP contribution in [0.25, 0.3) is 5.57 Å². The second-order valence-corrected chi connectivity index (χ2v) is 3.12. The van der Waals surface area contributed by atoms with Crippen LogP contribution in [-0.4, -0.2) is 13.3 Å². The molecule has 0 aromatic heterocycles. The number of ether oxygens (including phenoxy) is 1. The molecule has 0 bridgehead atoms. The Hall–Kier alpha value is -1.45. The normalized spacial score (nSPS) is 11.2. The van der Waals surface area contributed by atoms with E-state index in [2.05, 4.69) is 6.58 Å². The molecule has 0 saturated heterocycles. The van der Waals surface area contributed by atoms with Gasteiger partial charge in [0, 0.05) is 0 Å². The van der Waals surface area contributed by atoms with Crippen molar-refractivity contribution in [3.63, 3.8) is 0 Å². The lowest BCUT2D eigenvalue weighted by Gasteiger charge is -2.09. The monoisotopic (exact) mass is 216 g/mol. The number of methoxy groups -OCH3 is 1. The van der Waals surface area contributed by atoms with Crippen molar-refractivity contribution in [2.24, 2.45) is 0 Å². The molecule has 1 aromatic carbocycles. The van der Waals surface area contributed by atoms with Gasteiger partial charge in [-0.2, -0.15) is 13.2 Å². The van der Waals surface area contributed by atoms with Gasteiger partial charge in [0.25, 0.3) is 0 Å². The molecule has 0 saturated carbocycles. The van der Waals surface area contributed by atoms with E-state index in [1.54, 1.807) is 24.3 Å². The van der Waals surface area contributed by atoms with Gasteiger partial charge >= 0.3 is 6.18 Å². The van der Waals surface area contributed by atoms with Gasteiger partial charge < -0.3 is 4.74 Å². The molecular formula is C11H11F3O. The number of rotatable bonds is 3. The first-order valence-corrected chi connectivity index (χ1v) is 4.31. The van der Waals surface area contributed by atoms with E-state index in [9.17, 15) is 13.2 Å².